The maximum atomic E-state index is 12.1. The fourth-order valence-corrected chi connectivity index (χ4v) is 3.45. The van der Waals surface area contributed by atoms with Crippen LogP contribution in [0.3, 0.4) is 0 Å². The van der Waals surface area contributed by atoms with Gasteiger partial charge < -0.3 is 10.5 Å². The third-order valence-electron chi connectivity index (χ3n) is 3.48. The van der Waals surface area contributed by atoms with Crippen molar-refractivity contribution in [3.63, 3.8) is 0 Å². The monoisotopic (exact) mass is 328 g/mol. The molecule has 1 fully saturated rings. The number of thiocarbonyl (C=S) groups is 1. The van der Waals surface area contributed by atoms with Crippen LogP contribution in [0.15, 0.2) is 29.2 Å². The van der Waals surface area contributed by atoms with Gasteiger partial charge in [0.15, 0.2) is 0 Å². The lowest BCUT2D eigenvalue weighted by Crippen LogP contribution is -2.29. The number of hydrogen-bond donors (Lipinski definition) is 2. The van der Waals surface area contributed by atoms with Gasteiger partial charge in [-0.3, -0.25) is 0 Å². The van der Waals surface area contributed by atoms with E-state index in [1.807, 2.05) is 0 Å². The molecule has 0 amide bonds. The van der Waals surface area contributed by atoms with E-state index in [0.29, 0.717) is 18.5 Å². The highest BCUT2D eigenvalue weighted by atomic mass is 32.2. The Kier molecular flexibility index (Phi) is 5.69. The molecule has 116 valence electrons. The van der Waals surface area contributed by atoms with Crippen molar-refractivity contribution < 1.29 is 13.2 Å². The lowest BCUT2D eigenvalue weighted by molar-refractivity contribution is 0.0123. The Hall–Kier alpha value is -1.02. The Balaban J connectivity index is 1.90. The molecule has 1 aromatic rings. The van der Waals surface area contributed by atoms with Crippen LogP contribution >= 0.6 is 12.2 Å². The number of rotatable bonds is 6. The average molecular weight is 328 g/mol. The Bertz CT molecular complexity index is 579. The normalized spacial score (nSPS) is 19.3. The van der Waals surface area contributed by atoms with Gasteiger partial charge in [-0.25, -0.2) is 13.1 Å². The lowest BCUT2D eigenvalue weighted by Gasteiger charge is -2.22. The molecule has 1 atom stereocenters. The third kappa shape index (κ3) is 4.74. The molecule has 1 aromatic carbocycles. The summed E-state index contributed by atoms with van der Waals surface area (Å²) in [6.45, 7) is 1.15. The number of benzene rings is 1. The highest BCUT2D eigenvalue weighted by molar-refractivity contribution is 7.89. The summed E-state index contributed by atoms with van der Waals surface area (Å²) in [6.07, 6.45) is 4.11. The van der Waals surface area contributed by atoms with E-state index in [1.54, 1.807) is 12.1 Å². The van der Waals surface area contributed by atoms with Crippen molar-refractivity contribution in [1.82, 2.24) is 4.72 Å². The Morgan fingerprint density at radius 2 is 2.05 bits per heavy atom. The summed E-state index contributed by atoms with van der Waals surface area (Å²) in [7, 11) is -3.49. The molecular weight excluding hydrogens is 308 g/mol. The summed E-state index contributed by atoms with van der Waals surface area (Å²) in [5.41, 5.74) is 6.14. The molecule has 3 N–H and O–H groups in total. The predicted molar refractivity (Wildman–Crippen MR) is 85.7 cm³/mol. The first kappa shape index (κ1) is 16.4. The first-order valence-corrected chi connectivity index (χ1v) is 8.89. The zero-order valence-electron chi connectivity index (χ0n) is 11.7. The van der Waals surface area contributed by atoms with E-state index in [1.165, 1.54) is 12.1 Å². The Morgan fingerprint density at radius 3 is 2.62 bits per heavy atom. The Morgan fingerprint density at radius 1 is 1.33 bits per heavy atom. The second kappa shape index (κ2) is 7.31. The second-order valence-corrected chi connectivity index (χ2v) is 7.27. The van der Waals surface area contributed by atoms with Crippen molar-refractivity contribution in [2.45, 2.75) is 36.7 Å². The van der Waals surface area contributed by atoms with Crippen LogP contribution in [0.25, 0.3) is 0 Å². The molecule has 2 rings (SSSR count). The minimum atomic E-state index is -3.49. The van der Waals surface area contributed by atoms with Gasteiger partial charge in [0.05, 0.1) is 11.0 Å². The van der Waals surface area contributed by atoms with E-state index in [9.17, 15) is 8.42 Å². The predicted octanol–water partition coefficient (Wildman–Crippen LogP) is 1.56. The molecule has 1 aliphatic rings. The van der Waals surface area contributed by atoms with Crippen molar-refractivity contribution >= 4 is 27.2 Å². The van der Waals surface area contributed by atoms with Gasteiger partial charge in [-0.15, -0.1) is 0 Å². The summed E-state index contributed by atoms with van der Waals surface area (Å²) in [5, 5.41) is 0. The molecule has 0 saturated carbocycles. The summed E-state index contributed by atoms with van der Waals surface area (Å²) in [4.78, 5) is 0.466. The van der Waals surface area contributed by atoms with Gasteiger partial charge in [-0.05, 0) is 37.8 Å². The van der Waals surface area contributed by atoms with Crippen LogP contribution in [0.2, 0.25) is 0 Å². The fraction of sp³-hybridized carbons (Fsp3) is 0.500. The average Bonchev–Trinajstić information content (AvgIpc) is 2.48. The third-order valence-corrected chi connectivity index (χ3v) is 5.19. The number of hydrogen-bond acceptors (Lipinski definition) is 4. The molecule has 0 aliphatic carbocycles. The van der Waals surface area contributed by atoms with Crippen molar-refractivity contribution in [3.8, 4) is 0 Å². The van der Waals surface area contributed by atoms with E-state index >= 15 is 0 Å². The van der Waals surface area contributed by atoms with Crippen LogP contribution in [0.4, 0.5) is 0 Å². The fourth-order valence-electron chi connectivity index (χ4n) is 2.27. The smallest absolute Gasteiger partial charge is 0.240 e. The second-order valence-electron chi connectivity index (χ2n) is 5.06. The van der Waals surface area contributed by atoms with Gasteiger partial charge >= 0.3 is 0 Å². The van der Waals surface area contributed by atoms with Crippen LogP contribution in [0.1, 0.15) is 31.2 Å². The maximum absolute atomic E-state index is 12.1. The first-order chi connectivity index (χ1) is 9.99. The van der Waals surface area contributed by atoms with Gasteiger partial charge in [0.1, 0.15) is 4.99 Å². The van der Waals surface area contributed by atoms with Crippen molar-refractivity contribution in [2.24, 2.45) is 5.73 Å². The summed E-state index contributed by atoms with van der Waals surface area (Å²) in [5.74, 6) is 0. The van der Waals surface area contributed by atoms with Crippen LogP contribution in [0, 0.1) is 0 Å². The highest BCUT2D eigenvalue weighted by Gasteiger charge is 2.17. The van der Waals surface area contributed by atoms with E-state index < -0.39 is 10.0 Å². The topological polar surface area (TPSA) is 81.4 Å². The lowest BCUT2D eigenvalue weighted by atomic mass is 10.1. The minimum absolute atomic E-state index is 0.165. The number of sulfonamides is 1. The molecule has 0 radical (unpaired) electrons. The molecule has 1 saturated heterocycles. The van der Waals surface area contributed by atoms with Gasteiger partial charge in [-0.2, -0.15) is 0 Å². The first-order valence-electron chi connectivity index (χ1n) is 7.00. The SMILES string of the molecule is NC(=S)c1ccc(S(=O)(=O)NCCC2CCCCO2)cc1. The van der Waals surface area contributed by atoms with Crippen LogP contribution in [-0.4, -0.2) is 32.7 Å². The number of nitrogens with one attached hydrogen (secondary N) is 1. The largest absolute Gasteiger partial charge is 0.389 e. The summed E-state index contributed by atoms with van der Waals surface area (Å²) >= 11 is 4.84. The number of nitrogens with two attached hydrogens (primary N) is 1. The maximum Gasteiger partial charge on any atom is 0.240 e. The number of ether oxygens (including phenoxy) is 1. The molecule has 1 aliphatic heterocycles. The molecule has 5 nitrogen and oxygen atoms in total. The Labute approximate surface area is 130 Å². The van der Waals surface area contributed by atoms with Crippen LogP contribution in [-0.2, 0) is 14.8 Å². The van der Waals surface area contributed by atoms with E-state index in [4.69, 9.17) is 22.7 Å². The van der Waals surface area contributed by atoms with E-state index in [-0.39, 0.29) is 16.0 Å². The summed E-state index contributed by atoms with van der Waals surface area (Å²) < 4.78 is 32.5. The molecule has 21 heavy (non-hydrogen) atoms. The van der Waals surface area contributed by atoms with E-state index in [2.05, 4.69) is 4.72 Å². The van der Waals surface area contributed by atoms with Gasteiger partial charge in [0, 0.05) is 18.7 Å². The van der Waals surface area contributed by atoms with Crippen molar-refractivity contribution in [1.29, 1.82) is 0 Å². The molecular formula is C14H20N2O3S2. The molecule has 1 unspecified atom stereocenters. The molecule has 7 heteroatoms. The highest BCUT2D eigenvalue weighted by Crippen LogP contribution is 2.16. The summed E-state index contributed by atoms with van der Waals surface area (Å²) in [6, 6.07) is 6.24. The van der Waals surface area contributed by atoms with Crippen LogP contribution in [0.5, 0.6) is 0 Å². The van der Waals surface area contributed by atoms with Gasteiger partial charge in [0.2, 0.25) is 10.0 Å². The van der Waals surface area contributed by atoms with E-state index in [0.717, 1.165) is 25.9 Å². The van der Waals surface area contributed by atoms with Crippen molar-refractivity contribution in [2.75, 3.05) is 13.2 Å². The molecule has 1 heterocycles. The quantitative estimate of drug-likeness (QED) is 0.775. The zero-order chi connectivity index (χ0) is 15.3. The molecule has 0 bridgehead atoms. The van der Waals surface area contributed by atoms with Gasteiger partial charge in [0.25, 0.3) is 0 Å². The van der Waals surface area contributed by atoms with Crippen LogP contribution < -0.4 is 10.5 Å². The molecule has 0 spiro atoms. The molecule has 0 aromatic heterocycles. The standard InChI is InChI=1S/C14H20N2O3S2/c15-14(20)11-4-6-13(7-5-11)21(17,18)16-9-8-12-3-1-2-10-19-12/h4-7,12,16H,1-3,8-10H2,(H2,15,20). The zero-order valence-corrected chi connectivity index (χ0v) is 13.4. The van der Waals surface area contributed by atoms with Gasteiger partial charge in [-0.1, -0.05) is 24.4 Å². The minimum Gasteiger partial charge on any atom is -0.389 e. The van der Waals surface area contributed by atoms with Crippen molar-refractivity contribution in [3.05, 3.63) is 29.8 Å².